The molecule has 1 N–H and O–H groups in total. The second-order valence-corrected chi connectivity index (χ2v) is 9.26. The molecule has 0 saturated heterocycles. The molecule has 0 fully saturated rings. The van der Waals surface area contributed by atoms with Crippen molar-refractivity contribution in [1.29, 1.82) is 0 Å². The fourth-order valence-electron chi connectivity index (χ4n) is 3.86. The highest BCUT2D eigenvalue weighted by Gasteiger charge is 2.09. The predicted octanol–water partition coefficient (Wildman–Crippen LogP) is 8.50. The van der Waals surface area contributed by atoms with E-state index in [2.05, 4.69) is 12.2 Å². The summed E-state index contributed by atoms with van der Waals surface area (Å²) in [5.41, 5.74) is 1.27. The Bertz CT molecular complexity index is 903. The van der Waals surface area contributed by atoms with E-state index in [9.17, 15) is 9.59 Å². The molecule has 0 radical (unpaired) electrons. The Kier molecular flexibility index (Phi) is 14.8. The smallest absolute Gasteiger partial charge is 0.343 e. The van der Waals surface area contributed by atoms with Crippen LogP contribution in [0.25, 0.3) is 0 Å². The van der Waals surface area contributed by atoms with Crippen LogP contribution in [-0.4, -0.2) is 18.4 Å². The van der Waals surface area contributed by atoms with E-state index in [1.54, 1.807) is 42.6 Å². The van der Waals surface area contributed by atoms with Crippen molar-refractivity contribution < 1.29 is 19.1 Å². The molecule has 196 valence electrons. The molecular weight excluding hydrogens is 450 g/mol. The molecule has 0 heterocycles. The van der Waals surface area contributed by atoms with Crippen molar-refractivity contribution in [3.05, 3.63) is 66.4 Å². The number of ether oxygens (including phenoxy) is 2. The highest BCUT2D eigenvalue weighted by Crippen LogP contribution is 2.19. The zero-order valence-electron chi connectivity index (χ0n) is 22.1. The first-order valence-corrected chi connectivity index (χ1v) is 13.6. The second-order valence-electron chi connectivity index (χ2n) is 9.26. The van der Waals surface area contributed by atoms with Crippen LogP contribution in [0.5, 0.6) is 11.5 Å². The number of benzene rings is 2. The van der Waals surface area contributed by atoms with Crippen LogP contribution in [0.2, 0.25) is 0 Å². The molecular formula is C31H43NO4. The van der Waals surface area contributed by atoms with Crippen molar-refractivity contribution in [2.75, 3.05) is 11.9 Å². The maximum atomic E-state index is 12.4. The molecule has 0 atom stereocenters. The average molecular weight is 494 g/mol. The highest BCUT2D eigenvalue weighted by molar-refractivity contribution is 5.91. The Morgan fingerprint density at radius 2 is 1.25 bits per heavy atom. The number of ketones is 1. The van der Waals surface area contributed by atoms with E-state index in [1.807, 2.05) is 12.1 Å². The molecule has 2 rings (SSSR count). The van der Waals surface area contributed by atoms with Crippen LogP contribution in [0.1, 0.15) is 101 Å². The van der Waals surface area contributed by atoms with Gasteiger partial charge in [0.25, 0.3) is 0 Å². The Morgan fingerprint density at radius 1 is 0.722 bits per heavy atom. The zero-order chi connectivity index (χ0) is 25.8. The number of carbonyl (C=O) groups is 2. The molecule has 0 aliphatic heterocycles. The van der Waals surface area contributed by atoms with Gasteiger partial charge in [0, 0.05) is 11.9 Å². The normalized spacial score (nSPS) is 10.9. The summed E-state index contributed by atoms with van der Waals surface area (Å²) >= 11 is 0. The molecule has 0 bridgehead atoms. The minimum atomic E-state index is -0.417. The van der Waals surface area contributed by atoms with Crippen LogP contribution in [0.15, 0.2) is 60.8 Å². The van der Waals surface area contributed by atoms with Crippen molar-refractivity contribution >= 4 is 17.4 Å². The third kappa shape index (κ3) is 13.1. The van der Waals surface area contributed by atoms with Crippen LogP contribution in [0.4, 0.5) is 5.69 Å². The maximum Gasteiger partial charge on any atom is 0.343 e. The SMILES string of the molecule is CCCCCCCCCCCCCCOc1ccc(C(=O)Oc2ccc(N/C=C\C(C)=O)cc2)cc1. The standard InChI is InChI=1S/C31H43NO4/c1-3-4-5-6-7-8-9-10-11-12-13-14-25-35-29-19-15-27(16-20-29)31(34)36-30-21-17-28(18-22-30)32-24-23-26(2)33/h15-24,32H,3-14,25H2,1-2H3/b24-23-. The lowest BCUT2D eigenvalue weighted by molar-refractivity contribution is -0.112. The Labute approximate surface area is 217 Å². The van der Waals surface area contributed by atoms with Gasteiger partial charge in [-0.15, -0.1) is 0 Å². The third-order valence-electron chi connectivity index (χ3n) is 5.99. The van der Waals surface area contributed by atoms with Gasteiger partial charge in [-0.05, 0) is 68.0 Å². The molecule has 0 unspecified atom stereocenters. The number of anilines is 1. The second kappa shape index (κ2) is 18.2. The molecule has 0 aromatic heterocycles. The lowest BCUT2D eigenvalue weighted by atomic mass is 10.1. The molecule has 0 aliphatic carbocycles. The molecule has 5 heteroatoms. The van der Waals surface area contributed by atoms with Crippen LogP contribution >= 0.6 is 0 Å². The fraction of sp³-hybridized carbons (Fsp3) is 0.484. The Morgan fingerprint density at radius 3 is 1.81 bits per heavy atom. The van der Waals surface area contributed by atoms with E-state index in [-0.39, 0.29) is 5.78 Å². The van der Waals surface area contributed by atoms with Gasteiger partial charge in [0.05, 0.1) is 12.2 Å². The van der Waals surface area contributed by atoms with E-state index in [1.165, 1.54) is 83.6 Å². The molecule has 0 spiro atoms. The van der Waals surface area contributed by atoms with E-state index in [0.29, 0.717) is 17.9 Å². The van der Waals surface area contributed by atoms with E-state index >= 15 is 0 Å². The molecule has 0 amide bonds. The van der Waals surface area contributed by atoms with Gasteiger partial charge in [0.1, 0.15) is 11.5 Å². The van der Waals surface area contributed by atoms with Crippen molar-refractivity contribution in [2.45, 2.75) is 90.9 Å². The Hall–Kier alpha value is -3.08. The quantitative estimate of drug-likeness (QED) is 0.0919. The summed E-state index contributed by atoms with van der Waals surface area (Å²) in [5.74, 6) is 0.769. The largest absolute Gasteiger partial charge is 0.494 e. The van der Waals surface area contributed by atoms with Gasteiger partial charge in [0.15, 0.2) is 5.78 Å². The number of unbranched alkanes of at least 4 members (excludes halogenated alkanes) is 11. The molecule has 5 nitrogen and oxygen atoms in total. The van der Waals surface area contributed by atoms with Crippen molar-refractivity contribution in [2.24, 2.45) is 0 Å². The van der Waals surface area contributed by atoms with E-state index < -0.39 is 5.97 Å². The van der Waals surface area contributed by atoms with Crippen LogP contribution in [0, 0.1) is 0 Å². The summed E-state index contributed by atoms with van der Waals surface area (Å²) in [5, 5.41) is 2.98. The van der Waals surface area contributed by atoms with E-state index in [0.717, 1.165) is 17.9 Å². The van der Waals surface area contributed by atoms with Gasteiger partial charge in [0.2, 0.25) is 0 Å². The zero-order valence-corrected chi connectivity index (χ0v) is 22.1. The predicted molar refractivity (Wildman–Crippen MR) is 148 cm³/mol. The maximum absolute atomic E-state index is 12.4. The molecule has 36 heavy (non-hydrogen) atoms. The van der Waals surface area contributed by atoms with Crippen molar-refractivity contribution in [1.82, 2.24) is 0 Å². The van der Waals surface area contributed by atoms with Crippen molar-refractivity contribution in [3.8, 4) is 11.5 Å². The lowest BCUT2D eigenvalue weighted by Crippen LogP contribution is -2.08. The van der Waals surface area contributed by atoms with Gasteiger partial charge < -0.3 is 14.8 Å². The number of rotatable bonds is 19. The molecule has 2 aromatic rings. The fourth-order valence-corrected chi connectivity index (χ4v) is 3.86. The number of allylic oxidation sites excluding steroid dienone is 1. The number of esters is 1. The minimum absolute atomic E-state index is 0.0335. The van der Waals surface area contributed by atoms with Gasteiger partial charge in [-0.2, -0.15) is 0 Å². The highest BCUT2D eigenvalue weighted by atomic mass is 16.5. The van der Waals surface area contributed by atoms with Gasteiger partial charge in [-0.25, -0.2) is 4.79 Å². The summed E-state index contributed by atoms with van der Waals surface area (Å²) in [6.07, 6.45) is 18.9. The van der Waals surface area contributed by atoms with Gasteiger partial charge in [-0.1, -0.05) is 77.6 Å². The molecule has 2 aromatic carbocycles. The molecule has 0 saturated carbocycles. The lowest BCUT2D eigenvalue weighted by Gasteiger charge is -2.08. The number of nitrogens with one attached hydrogen (secondary N) is 1. The van der Waals surface area contributed by atoms with Crippen molar-refractivity contribution in [3.63, 3.8) is 0 Å². The number of hydrogen-bond donors (Lipinski definition) is 1. The van der Waals surface area contributed by atoms with Crippen LogP contribution in [-0.2, 0) is 4.79 Å². The summed E-state index contributed by atoms with van der Waals surface area (Å²) in [4.78, 5) is 23.3. The first-order chi connectivity index (χ1) is 17.6. The van der Waals surface area contributed by atoms with E-state index in [4.69, 9.17) is 9.47 Å². The summed E-state index contributed by atoms with van der Waals surface area (Å²) in [6, 6.07) is 14.0. The molecule has 0 aliphatic rings. The number of hydrogen-bond acceptors (Lipinski definition) is 5. The van der Waals surface area contributed by atoms with Gasteiger partial charge in [-0.3, -0.25) is 4.79 Å². The topological polar surface area (TPSA) is 64.6 Å². The summed E-state index contributed by atoms with van der Waals surface area (Å²) in [7, 11) is 0. The first-order valence-electron chi connectivity index (χ1n) is 13.6. The van der Waals surface area contributed by atoms with Gasteiger partial charge >= 0.3 is 5.97 Å². The minimum Gasteiger partial charge on any atom is -0.494 e. The Balaban J connectivity index is 1.57. The summed E-state index contributed by atoms with van der Waals surface area (Å²) in [6.45, 7) is 4.45. The monoisotopic (exact) mass is 493 g/mol. The summed E-state index contributed by atoms with van der Waals surface area (Å²) < 4.78 is 11.3. The first kappa shape index (κ1) is 29.2. The number of carbonyl (C=O) groups excluding carboxylic acids is 2. The average Bonchev–Trinajstić information content (AvgIpc) is 2.88. The third-order valence-corrected chi connectivity index (χ3v) is 5.99. The van der Waals surface area contributed by atoms with Crippen LogP contribution < -0.4 is 14.8 Å². The van der Waals surface area contributed by atoms with Crippen LogP contribution in [0.3, 0.4) is 0 Å².